The Bertz CT molecular complexity index is 1470. The van der Waals surface area contributed by atoms with Gasteiger partial charge in [0.15, 0.2) is 5.17 Å². The van der Waals surface area contributed by atoms with Crippen molar-refractivity contribution >= 4 is 51.9 Å². The van der Waals surface area contributed by atoms with Gasteiger partial charge in [0.25, 0.3) is 5.91 Å². The van der Waals surface area contributed by atoms with Gasteiger partial charge >= 0.3 is 0 Å². The van der Waals surface area contributed by atoms with Gasteiger partial charge in [-0.3, -0.25) is 9.69 Å². The number of amidine groups is 1. The van der Waals surface area contributed by atoms with E-state index in [1.165, 1.54) is 23.9 Å². The van der Waals surface area contributed by atoms with Gasteiger partial charge in [-0.1, -0.05) is 47.0 Å². The number of furan rings is 1. The third-order valence-corrected chi connectivity index (χ3v) is 6.72. The van der Waals surface area contributed by atoms with Gasteiger partial charge in [0, 0.05) is 11.6 Å². The van der Waals surface area contributed by atoms with Crippen molar-refractivity contribution in [1.82, 2.24) is 0 Å². The molecule has 0 spiro atoms. The first-order valence-electron chi connectivity index (χ1n) is 10.9. The Morgan fingerprint density at radius 1 is 0.943 bits per heavy atom. The fraction of sp³-hybridized carbons (Fsp3) is 0.0714. The molecule has 4 nitrogen and oxygen atoms in total. The smallest absolute Gasteiger partial charge is 0.271 e. The number of benzene rings is 3. The van der Waals surface area contributed by atoms with Gasteiger partial charge in [-0.05, 0) is 80.2 Å². The first kappa shape index (κ1) is 23.1. The molecule has 0 bridgehead atoms. The SMILES string of the molecule is Cc1ccc(N=C2S/C(=C/c3ccc(-c4ccc(F)c(Cl)c4)o3)C(=O)N2c2ccc(C)cc2)cc1. The van der Waals surface area contributed by atoms with Crippen LogP contribution in [0.1, 0.15) is 16.9 Å². The van der Waals surface area contributed by atoms with Crippen LogP contribution in [0.15, 0.2) is 93.2 Å². The van der Waals surface area contributed by atoms with Crippen LogP contribution in [0.2, 0.25) is 5.02 Å². The predicted molar refractivity (Wildman–Crippen MR) is 142 cm³/mol. The molecule has 1 saturated heterocycles. The lowest BCUT2D eigenvalue weighted by Crippen LogP contribution is -2.28. The van der Waals surface area contributed by atoms with E-state index in [1.54, 1.807) is 29.2 Å². The molecule has 0 aliphatic carbocycles. The summed E-state index contributed by atoms with van der Waals surface area (Å²) in [5.41, 5.74) is 4.39. The molecule has 1 aliphatic heterocycles. The first-order chi connectivity index (χ1) is 16.9. The fourth-order valence-corrected chi connectivity index (χ4v) is 4.73. The summed E-state index contributed by atoms with van der Waals surface area (Å²) in [6.45, 7) is 4.02. The lowest BCUT2D eigenvalue weighted by molar-refractivity contribution is -0.113. The van der Waals surface area contributed by atoms with Crippen LogP contribution in [0.4, 0.5) is 15.8 Å². The molecular weight excluding hydrogens is 483 g/mol. The Kier molecular flexibility index (Phi) is 6.32. The maximum atomic E-state index is 13.5. The number of rotatable bonds is 4. The summed E-state index contributed by atoms with van der Waals surface area (Å²) in [5, 5.41) is 0.581. The van der Waals surface area contributed by atoms with Crippen LogP contribution >= 0.6 is 23.4 Å². The summed E-state index contributed by atoms with van der Waals surface area (Å²) in [5.74, 6) is 0.344. The monoisotopic (exact) mass is 502 g/mol. The highest BCUT2D eigenvalue weighted by atomic mass is 35.5. The molecule has 3 aromatic carbocycles. The Morgan fingerprint density at radius 3 is 2.31 bits per heavy atom. The van der Waals surface area contributed by atoms with Crippen molar-refractivity contribution in [3.63, 3.8) is 0 Å². The van der Waals surface area contributed by atoms with Crippen molar-refractivity contribution in [3.05, 3.63) is 111 Å². The van der Waals surface area contributed by atoms with Gasteiger partial charge in [0.05, 0.1) is 21.3 Å². The van der Waals surface area contributed by atoms with Crippen LogP contribution in [0.5, 0.6) is 0 Å². The van der Waals surface area contributed by atoms with Gasteiger partial charge in [-0.15, -0.1) is 0 Å². The van der Waals surface area contributed by atoms with Gasteiger partial charge in [-0.2, -0.15) is 0 Å². The molecule has 0 radical (unpaired) electrons. The van der Waals surface area contributed by atoms with Gasteiger partial charge in [-0.25, -0.2) is 9.38 Å². The Balaban J connectivity index is 1.50. The topological polar surface area (TPSA) is 45.8 Å². The van der Waals surface area contributed by atoms with Crippen LogP contribution in [0.3, 0.4) is 0 Å². The molecule has 0 unspecified atom stereocenters. The number of halogens is 2. The quantitative estimate of drug-likeness (QED) is 0.264. The molecule has 7 heteroatoms. The fourth-order valence-electron chi connectivity index (χ4n) is 3.56. The maximum Gasteiger partial charge on any atom is 0.271 e. The maximum absolute atomic E-state index is 13.5. The van der Waals surface area contributed by atoms with E-state index >= 15 is 0 Å². The van der Waals surface area contributed by atoms with Crippen LogP contribution in [0, 0.1) is 19.7 Å². The number of hydrogen-bond acceptors (Lipinski definition) is 4. The second-order valence-corrected chi connectivity index (χ2v) is 9.56. The summed E-state index contributed by atoms with van der Waals surface area (Å²) in [7, 11) is 0. The minimum atomic E-state index is -0.492. The zero-order valence-electron chi connectivity index (χ0n) is 19.0. The van der Waals surface area contributed by atoms with E-state index in [4.69, 9.17) is 21.0 Å². The standard InChI is InChI=1S/C28H20ClFN2O2S/c1-17-3-8-20(9-4-17)31-28-32(21-10-5-18(2)6-11-21)27(33)26(35-28)16-22-12-14-25(34-22)19-7-13-24(30)23(29)15-19/h3-16H,1-2H3/b26-16+,31-28?. The summed E-state index contributed by atoms with van der Waals surface area (Å²) in [6.07, 6.45) is 1.69. The van der Waals surface area contributed by atoms with Crippen molar-refractivity contribution in [2.24, 2.45) is 4.99 Å². The molecule has 35 heavy (non-hydrogen) atoms. The third-order valence-electron chi connectivity index (χ3n) is 5.46. The summed E-state index contributed by atoms with van der Waals surface area (Å²) >= 11 is 7.19. The van der Waals surface area contributed by atoms with Gasteiger partial charge in [0.1, 0.15) is 17.3 Å². The molecule has 1 aliphatic rings. The molecule has 5 rings (SSSR count). The molecule has 2 heterocycles. The van der Waals surface area contributed by atoms with Crippen molar-refractivity contribution in [1.29, 1.82) is 0 Å². The Hall–Kier alpha value is -3.61. The van der Waals surface area contributed by atoms with Gasteiger partial charge < -0.3 is 4.42 Å². The molecule has 0 atom stereocenters. The van der Waals surface area contributed by atoms with Crippen molar-refractivity contribution in [2.45, 2.75) is 13.8 Å². The zero-order valence-corrected chi connectivity index (χ0v) is 20.5. The Morgan fingerprint density at radius 2 is 1.63 bits per heavy atom. The summed E-state index contributed by atoms with van der Waals surface area (Å²) < 4.78 is 19.4. The number of thioether (sulfide) groups is 1. The second kappa shape index (κ2) is 9.56. The lowest BCUT2D eigenvalue weighted by atomic mass is 10.2. The highest BCUT2D eigenvalue weighted by Crippen LogP contribution is 2.38. The molecule has 1 amide bonds. The van der Waals surface area contributed by atoms with E-state index in [0.717, 1.165) is 22.5 Å². The van der Waals surface area contributed by atoms with Crippen molar-refractivity contribution in [3.8, 4) is 11.3 Å². The highest BCUT2D eigenvalue weighted by Gasteiger charge is 2.35. The third kappa shape index (κ3) is 4.94. The second-order valence-electron chi connectivity index (χ2n) is 8.15. The molecule has 1 fully saturated rings. The van der Waals surface area contributed by atoms with E-state index < -0.39 is 5.82 Å². The number of amides is 1. The van der Waals surface area contributed by atoms with Gasteiger partial charge in [0.2, 0.25) is 0 Å². The van der Waals surface area contributed by atoms with E-state index in [1.807, 2.05) is 62.4 Å². The largest absolute Gasteiger partial charge is 0.457 e. The number of aryl methyl sites for hydroxylation is 2. The summed E-state index contributed by atoms with van der Waals surface area (Å²) in [6, 6.07) is 23.5. The van der Waals surface area contributed by atoms with Crippen molar-refractivity contribution in [2.75, 3.05) is 4.90 Å². The molecule has 4 aromatic rings. The molecule has 174 valence electrons. The molecule has 0 N–H and O–H groups in total. The molecular formula is C28H20ClFN2O2S. The molecule has 1 aromatic heterocycles. The van der Waals surface area contributed by atoms with Crippen molar-refractivity contribution < 1.29 is 13.6 Å². The van der Waals surface area contributed by atoms with Crippen LogP contribution < -0.4 is 4.90 Å². The number of carbonyl (C=O) groups is 1. The first-order valence-corrected chi connectivity index (χ1v) is 12.1. The number of nitrogens with zero attached hydrogens (tertiary/aromatic N) is 2. The Labute approximate surface area is 211 Å². The minimum absolute atomic E-state index is 0.0195. The zero-order chi connectivity index (χ0) is 24.5. The normalized spacial score (nSPS) is 16.0. The van der Waals surface area contributed by atoms with Crippen LogP contribution in [-0.4, -0.2) is 11.1 Å². The average Bonchev–Trinajstić information content (AvgIpc) is 3.43. The lowest BCUT2D eigenvalue weighted by Gasteiger charge is -2.16. The highest BCUT2D eigenvalue weighted by molar-refractivity contribution is 8.19. The number of aliphatic imine (C=N–C) groups is 1. The predicted octanol–water partition coefficient (Wildman–Crippen LogP) is 8.16. The van der Waals surface area contributed by atoms with E-state index in [2.05, 4.69) is 0 Å². The minimum Gasteiger partial charge on any atom is -0.457 e. The number of hydrogen-bond donors (Lipinski definition) is 0. The number of anilines is 1. The van der Waals surface area contributed by atoms with E-state index in [9.17, 15) is 9.18 Å². The number of carbonyl (C=O) groups excluding carboxylic acids is 1. The average molecular weight is 503 g/mol. The van der Waals surface area contributed by atoms with E-state index in [0.29, 0.717) is 27.2 Å². The summed E-state index contributed by atoms with van der Waals surface area (Å²) in [4.78, 5) is 20.3. The molecule has 0 saturated carbocycles. The van der Waals surface area contributed by atoms with Crippen LogP contribution in [0.25, 0.3) is 17.4 Å². The van der Waals surface area contributed by atoms with E-state index in [-0.39, 0.29) is 10.9 Å². The van der Waals surface area contributed by atoms with Crippen LogP contribution in [-0.2, 0) is 4.79 Å².